The summed E-state index contributed by atoms with van der Waals surface area (Å²) in [7, 11) is 0. The summed E-state index contributed by atoms with van der Waals surface area (Å²) in [4.78, 5) is 21.7. The van der Waals surface area contributed by atoms with E-state index in [-0.39, 0.29) is 5.82 Å². The Hall–Kier alpha value is -3.03. The Morgan fingerprint density at radius 2 is 2.08 bits per heavy atom. The van der Waals surface area contributed by atoms with E-state index in [1.165, 1.54) is 29.4 Å². The highest BCUT2D eigenvalue weighted by Crippen LogP contribution is 2.27. The molecule has 0 aliphatic heterocycles. The Labute approximate surface area is 137 Å². The smallest absolute Gasteiger partial charge is 0.420 e. The summed E-state index contributed by atoms with van der Waals surface area (Å²) in [5.74, 6) is -0.572. The molecule has 0 saturated heterocycles. The molecule has 0 atom stereocenters. The maximum absolute atomic E-state index is 13.5. The second-order valence-electron chi connectivity index (χ2n) is 6.08. The summed E-state index contributed by atoms with van der Waals surface area (Å²) in [5.41, 5.74) is 0.280. The molecule has 0 N–H and O–H groups in total. The fourth-order valence-electron chi connectivity index (χ4n) is 2.10. The molecule has 3 heterocycles. The van der Waals surface area contributed by atoms with E-state index in [1.54, 1.807) is 43.6 Å². The summed E-state index contributed by atoms with van der Waals surface area (Å²) in [5, 5.41) is 4.01. The minimum atomic E-state index is -0.707. The van der Waals surface area contributed by atoms with Gasteiger partial charge in [0.1, 0.15) is 17.7 Å². The fraction of sp³-hybridized carbons (Fsp3) is 0.250. The molecule has 3 aromatic heterocycles. The van der Waals surface area contributed by atoms with Gasteiger partial charge < -0.3 is 4.74 Å². The molecule has 24 heavy (non-hydrogen) atoms. The lowest BCUT2D eigenvalue weighted by Gasteiger charge is -2.26. The lowest BCUT2D eigenvalue weighted by atomic mass is 10.2. The molecule has 124 valence electrons. The number of aromatic nitrogens is 4. The monoisotopic (exact) mass is 329 g/mol. The number of hydrogen-bond acceptors (Lipinski definition) is 5. The number of fused-ring (bicyclic) bond motifs is 1. The molecule has 0 unspecified atom stereocenters. The quantitative estimate of drug-likeness (QED) is 0.674. The summed E-state index contributed by atoms with van der Waals surface area (Å²) in [6.07, 6.45) is 2.38. The zero-order valence-corrected chi connectivity index (χ0v) is 13.5. The number of rotatable bonds is 2. The lowest BCUT2D eigenvalue weighted by molar-refractivity contribution is 0.0598. The van der Waals surface area contributed by atoms with Gasteiger partial charge in [-0.05, 0) is 39.0 Å². The zero-order valence-electron chi connectivity index (χ0n) is 13.5. The Balaban J connectivity index is 2.08. The van der Waals surface area contributed by atoms with Gasteiger partial charge in [0.15, 0.2) is 5.65 Å². The van der Waals surface area contributed by atoms with E-state index in [2.05, 4.69) is 15.1 Å². The van der Waals surface area contributed by atoms with Crippen molar-refractivity contribution in [2.45, 2.75) is 26.4 Å². The molecule has 0 radical (unpaired) electrons. The van der Waals surface area contributed by atoms with Crippen molar-refractivity contribution < 1.29 is 13.9 Å². The predicted octanol–water partition coefficient (Wildman–Crippen LogP) is 3.34. The van der Waals surface area contributed by atoms with Crippen molar-refractivity contribution in [3.05, 3.63) is 48.8 Å². The van der Waals surface area contributed by atoms with E-state index in [9.17, 15) is 9.18 Å². The zero-order chi connectivity index (χ0) is 17.3. The summed E-state index contributed by atoms with van der Waals surface area (Å²) in [6, 6.07) is 7.51. The van der Waals surface area contributed by atoms with Crippen LogP contribution in [-0.4, -0.2) is 31.3 Å². The largest absolute Gasteiger partial charge is 0.443 e. The number of pyridine rings is 2. The van der Waals surface area contributed by atoms with Crippen LogP contribution >= 0.6 is 0 Å². The number of carbonyl (C=O) groups excluding carboxylic acids is 1. The van der Waals surface area contributed by atoms with Crippen LogP contribution in [0.4, 0.5) is 20.7 Å². The van der Waals surface area contributed by atoms with E-state index in [0.717, 1.165) is 0 Å². The number of anilines is 2. The second-order valence-corrected chi connectivity index (χ2v) is 6.08. The number of amides is 1. The highest BCUT2D eigenvalue weighted by atomic mass is 19.1. The van der Waals surface area contributed by atoms with E-state index in [4.69, 9.17) is 4.74 Å². The molecule has 7 nitrogen and oxygen atoms in total. The first kappa shape index (κ1) is 15.9. The first-order chi connectivity index (χ1) is 11.3. The van der Waals surface area contributed by atoms with Gasteiger partial charge in [-0.25, -0.2) is 24.2 Å². The van der Waals surface area contributed by atoms with Crippen LogP contribution in [-0.2, 0) is 4.74 Å². The minimum absolute atomic E-state index is 0.119. The average Bonchev–Trinajstić information content (AvgIpc) is 2.93. The SMILES string of the molecule is CC(C)(C)OC(=O)N(c1ccn2ncnc2c1)c1cccc(F)n1. The molecule has 8 heteroatoms. The van der Waals surface area contributed by atoms with Gasteiger partial charge >= 0.3 is 6.09 Å². The van der Waals surface area contributed by atoms with Crippen molar-refractivity contribution >= 4 is 23.2 Å². The fourth-order valence-corrected chi connectivity index (χ4v) is 2.10. The van der Waals surface area contributed by atoms with Crippen LogP contribution < -0.4 is 4.90 Å². The molecule has 0 fully saturated rings. The van der Waals surface area contributed by atoms with E-state index in [1.807, 2.05) is 0 Å². The molecule has 3 rings (SSSR count). The van der Waals surface area contributed by atoms with E-state index >= 15 is 0 Å². The van der Waals surface area contributed by atoms with Gasteiger partial charge in [-0.2, -0.15) is 9.49 Å². The summed E-state index contributed by atoms with van der Waals surface area (Å²) >= 11 is 0. The van der Waals surface area contributed by atoms with Gasteiger partial charge in [0, 0.05) is 12.3 Å². The Morgan fingerprint density at radius 1 is 1.29 bits per heavy atom. The standard InChI is InChI=1S/C16H16FN5O2/c1-16(2,3)24-15(23)22(13-6-4-5-12(17)20-13)11-7-8-21-14(9-11)18-10-19-21/h4-10H,1-3H3. The highest BCUT2D eigenvalue weighted by Gasteiger charge is 2.26. The van der Waals surface area contributed by atoms with Gasteiger partial charge in [-0.15, -0.1) is 0 Å². The van der Waals surface area contributed by atoms with Gasteiger partial charge in [-0.1, -0.05) is 6.07 Å². The van der Waals surface area contributed by atoms with Crippen molar-refractivity contribution in [3.63, 3.8) is 0 Å². The maximum Gasteiger partial charge on any atom is 0.420 e. The van der Waals surface area contributed by atoms with Gasteiger partial charge in [0.2, 0.25) is 5.95 Å². The van der Waals surface area contributed by atoms with Gasteiger partial charge in [0.05, 0.1) is 5.69 Å². The molecular weight excluding hydrogens is 313 g/mol. The topological polar surface area (TPSA) is 72.6 Å². The molecular formula is C16H16FN5O2. The van der Waals surface area contributed by atoms with Crippen LogP contribution in [0.5, 0.6) is 0 Å². The predicted molar refractivity (Wildman–Crippen MR) is 85.6 cm³/mol. The normalized spacial score (nSPS) is 11.5. The third-order valence-electron chi connectivity index (χ3n) is 3.03. The maximum atomic E-state index is 13.5. The first-order valence-electron chi connectivity index (χ1n) is 7.28. The van der Waals surface area contributed by atoms with Crippen LogP contribution in [0.1, 0.15) is 20.8 Å². The molecule has 0 bridgehead atoms. The van der Waals surface area contributed by atoms with Crippen LogP contribution in [0.15, 0.2) is 42.9 Å². The van der Waals surface area contributed by atoms with Crippen molar-refractivity contribution in [2.24, 2.45) is 0 Å². The van der Waals surface area contributed by atoms with Crippen LogP contribution in [0.2, 0.25) is 0 Å². The van der Waals surface area contributed by atoms with Crippen molar-refractivity contribution in [3.8, 4) is 0 Å². The highest BCUT2D eigenvalue weighted by molar-refractivity contribution is 5.95. The van der Waals surface area contributed by atoms with Crippen LogP contribution in [0, 0.1) is 5.95 Å². The second kappa shape index (κ2) is 5.88. The number of halogens is 1. The number of hydrogen-bond donors (Lipinski definition) is 0. The van der Waals surface area contributed by atoms with Crippen LogP contribution in [0.3, 0.4) is 0 Å². The van der Waals surface area contributed by atoms with E-state index < -0.39 is 17.6 Å². The molecule has 0 aliphatic rings. The number of ether oxygens (including phenoxy) is 1. The van der Waals surface area contributed by atoms with Gasteiger partial charge in [-0.3, -0.25) is 0 Å². The molecule has 3 aromatic rings. The summed E-state index contributed by atoms with van der Waals surface area (Å²) < 4.78 is 20.5. The van der Waals surface area contributed by atoms with E-state index in [0.29, 0.717) is 11.3 Å². The minimum Gasteiger partial charge on any atom is -0.443 e. The Kier molecular flexibility index (Phi) is 3.88. The lowest BCUT2D eigenvalue weighted by Crippen LogP contribution is -2.34. The third kappa shape index (κ3) is 3.32. The molecule has 0 aromatic carbocycles. The van der Waals surface area contributed by atoms with Crippen molar-refractivity contribution in [1.29, 1.82) is 0 Å². The molecule has 0 aliphatic carbocycles. The van der Waals surface area contributed by atoms with Crippen LogP contribution in [0.25, 0.3) is 5.65 Å². The average molecular weight is 329 g/mol. The molecule has 1 amide bonds. The molecule has 0 saturated carbocycles. The Morgan fingerprint density at radius 3 is 2.79 bits per heavy atom. The third-order valence-corrected chi connectivity index (χ3v) is 3.03. The molecule has 0 spiro atoms. The summed E-state index contributed by atoms with van der Waals surface area (Å²) in [6.45, 7) is 5.26. The Bertz CT molecular complexity index is 887. The first-order valence-corrected chi connectivity index (χ1v) is 7.28. The number of carbonyl (C=O) groups is 1. The number of nitrogens with zero attached hydrogens (tertiary/aromatic N) is 5. The van der Waals surface area contributed by atoms with Gasteiger partial charge in [0.25, 0.3) is 0 Å². The van der Waals surface area contributed by atoms with Crippen molar-refractivity contribution in [1.82, 2.24) is 19.6 Å². The van der Waals surface area contributed by atoms with Crippen molar-refractivity contribution in [2.75, 3.05) is 4.90 Å².